The van der Waals surface area contributed by atoms with Crippen molar-refractivity contribution in [2.24, 2.45) is 5.92 Å². The summed E-state index contributed by atoms with van der Waals surface area (Å²) >= 11 is 0. The molecule has 2 aliphatic heterocycles. The molecule has 7 heteroatoms. The number of alkyl halides is 2. The number of piperidine rings is 1. The molecule has 0 saturated carbocycles. The molecule has 2 fully saturated rings. The smallest absolute Gasteiger partial charge is 0.262 e. The number of carbonyl (C=O) groups excluding carboxylic acids is 2. The number of halogens is 2. The first-order valence-electron chi connectivity index (χ1n) is 7.49. The fourth-order valence-corrected chi connectivity index (χ4v) is 2.72. The summed E-state index contributed by atoms with van der Waals surface area (Å²) in [6.07, 6.45) is 0.927. The SMILES string of the molecule is CC(C)C(=O)NC1CCN(C(=O)C2CC(F)(F)CN2)CC1. The maximum absolute atomic E-state index is 13.1. The Morgan fingerprint density at radius 3 is 2.38 bits per heavy atom. The third-order valence-corrected chi connectivity index (χ3v) is 4.09. The Morgan fingerprint density at radius 2 is 1.90 bits per heavy atom. The summed E-state index contributed by atoms with van der Waals surface area (Å²) in [6, 6.07) is -0.705. The van der Waals surface area contributed by atoms with Crippen LogP contribution >= 0.6 is 0 Å². The lowest BCUT2D eigenvalue weighted by Crippen LogP contribution is -2.51. The Bertz CT molecular complexity index is 407. The van der Waals surface area contributed by atoms with Crippen molar-refractivity contribution >= 4 is 11.8 Å². The maximum Gasteiger partial charge on any atom is 0.262 e. The van der Waals surface area contributed by atoms with Crippen LogP contribution in [0.1, 0.15) is 33.1 Å². The molecule has 2 aliphatic rings. The van der Waals surface area contributed by atoms with Crippen LogP contribution in [0.2, 0.25) is 0 Å². The number of nitrogens with zero attached hydrogens (tertiary/aromatic N) is 1. The zero-order valence-electron chi connectivity index (χ0n) is 12.5. The number of likely N-dealkylation sites (tertiary alicyclic amines) is 1. The first-order chi connectivity index (χ1) is 9.78. The number of rotatable bonds is 3. The van der Waals surface area contributed by atoms with Gasteiger partial charge >= 0.3 is 0 Å². The number of carbonyl (C=O) groups is 2. The number of nitrogens with one attached hydrogen (secondary N) is 2. The van der Waals surface area contributed by atoms with E-state index in [2.05, 4.69) is 10.6 Å². The van der Waals surface area contributed by atoms with Gasteiger partial charge in [-0.1, -0.05) is 13.8 Å². The van der Waals surface area contributed by atoms with E-state index in [4.69, 9.17) is 0 Å². The van der Waals surface area contributed by atoms with Crippen molar-refractivity contribution in [1.82, 2.24) is 15.5 Å². The third kappa shape index (κ3) is 4.12. The van der Waals surface area contributed by atoms with E-state index < -0.39 is 24.9 Å². The second-order valence-corrected chi connectivity index (χ2v) is 6.26. The molecule has 120 valence electrons. The molecular weight excluding hydrogens is 280 g/mol. The quantitative estimate of drug-likeness (QED) is 0.809. The van der Waals surface area contributed by atoms with Gasteiger partial charge in [0, 0.05) is 31.5 Å². The van der Waals surface area contributed by atoms with Gasteiger partial charge in [-0.2, -0.15) is 0 Å². The second-order valence-electron chi connectivity index (χ2n) is 6.26. The van der Waals surface area contributed by atoms with Crippen LogP contribution in [0, 0.1) is 5.92 Å². The van der Waals surface area contributed by atoms with Gasteiger partial charge in [0.1, 0.15) is 0 Å². The first-order valence-corrected chi connectivity index (χ1v) is 7.49. The standard InChI is InChI=1S/C14H23F2N3O2/c1-9(2)12(20)18-10-3-5-19(6-4-10)13(21)11-7-14(15,16)8-17-11/h9-11,17H,3-8H2,1-2H3,(H,18,20). The minimum absolute atomic E-state index is 0.0110. The van der Waals surface area contributed by atoms with E-state index in [0.717, 1.165) is 0 Å². The Labute approximate surface area is 123 Å². The predicted octanol–water partition coefficient (Wildman–Crippen LogP) is 0.747. The van der Waals surface area contributed by atoms with Crippen molar-refractivity contribution < 1.29 is 18.4 Å². The van der Waals surface area contributed by atoms with Crippen molar-refractivity contribution in [3.63, 3.8) is 0 Å². The molecule has 0 aromatic carbocycles. The van der Waals surface area contributed by atoms with E-state index in [-0.39, 0.29) is 23.8 Å². The Kier molecular flexibility index (Phi) is 4.81. The molecule has 2 saturated heterocycles. The van der Waals surface area contributed by atoms with Gasteiger partial charge in [-0.05, 0) is 12.8 Å². The molecular formula is C14H23F2N3O2. The van der Waals surface area contributed by atoms with Crippen LogP contribution < -0.4 is 10.6 Å². The lowest BCUT2D eigenvalue weighted by Gasteiger charge is -2.34. The van der Waals surface area contributed by atoms with Gasteiger partial charge < -0.3 is 10.2 Å². The van der Waals surface area contributed by atoms with Gasteiger partial charge in [0.15, 0.2) is 0 Å². The largest absolute Gasteiger partial charge is 0.353 e. The molecule has 1 unspecified atom stereocenters. The van der Waals surface area contributed by atoms with Crippen LogP contribution in [-0.4, -0.2) is 54.4 Å². The van der Waals surface area contributed by atoms with Gasteiger partial charge in [0.05, 0.1) is 12.6 Å². The molecule has 0 aromatic rings. The molecule has 0 spiro atoms. The predicted molar refractivity (Wildman–Crippen MR) is 73.9 cm³/mol. The van der Waals surface area contributed by atoms with E-state index in [1.165, 1.54) is 0 Å². The second kappa shape index (κ2) is 6.25. The fraction of sp³-hybridized carbons (Fsp3) is 0.857. The molecule has 0 aromatic heterocycles. The number of hydrogen-bond donors (Lipinski definition) is 2. The minimum Gasteiger partial charge on any atom is -0.353 e. The summed E-state index contributed by atoms with van der Waals surface area (Å²) in [5.41, 5.74) is 0. The summed E-state index contributed by atoms with van der Waals surface area (Å²) < 4.78 is 26.2. The summed E-state index contributed by atoms with van der Waals surface area (Å²) in [6.45, 7) is 4.25. The zero-order valence-corrected chi connectivity index (χ0v) is 12.5. The summed E-state index contributed by atoms with van der Waals surface area (Å²) in [5, 5.41) is 5.54. The van der Waals surface area contributed by atoms with E-state index in [9.17, 15) is 18.4 Å². The van der Waals surface area contributed by atoms with Crippen molar-refractivity contribution in [3.8, 4) is 0 Å². The van der Waals surface area contributed by atoms with Crippen molar-refractivity contribution in [2.75, 3.05) is 19.6 Å². The summed E-state index contributed by atoms with van der Waals surface area (Å²) in [7, 11) is 0. The number of amides is 2. The first kappa shape index (κ1) is 16.1. The highest BCUT2D eigenvalue weighted by molar-refractivity contribution is 5.82. The van der Waals surface area contributed by atoms with Crippen LogP contribution in [0.5, 0.6) is 0 Å². The van der Waals surface area contributed by atoms with E-state index in [0.29, 0.717) is 25.9 Å². The average molecular weight is 303 g/mol. The van der Waals surface area contributed by atoms with Gasteiger partial charge in [0.2, 0.25) is 11.8 Å². The highest BCUT2D eigenvalue weighted by atomic mass is 19.3. The number of hydrogen-bond acceptors (Lipinski definition) is 3. The normalized spacial score (nSPS) is 26.1. The topological polar surface area (TPSA) is 61.4 Å². The van der Waals surface area contributed by atoms with Crippen molar-refractivity contribution in [3.05, 3.63) is 0 Å². The fourth-order valence-electron chi connectivity index (χ4n) is 2.72. The molecule has 1 atom stereocenters. The highest BCUT2D eigenvalue weighted by Crippen LogP contribution is 2.26. The zero-order chi connectivity index (χ0) is 15.6. The van der Waals surface area contributed by atoms with Gasteiger partial charge in [0.25, 0.3) is 5.92 Å². The molecule has 0 aliphatic carbocycles. The highest BCUT2D eigenvalue weighted by Gasteiger charge is 2.43. The lowest BCUT2D eigenvalue weighted by atomic mass is 10.0. The third-order valence-electron chi connectivity index (χ3n) is 4.09. The van der Waals surface area contributed by atoms with Gasteiger partial charge in [-0.25, -0.2) is 8.78 Å². The molecule has 0 radical (unpaired) electrons. The Hall–Kier alpha value is -1.24. The van der Waals surface area contributed by atoms with E-state index in [1.54, 1.807) is 4.90 Å². The van der Waals surface area contributed by atoms with Crippen LogP contribution in [0.25, 0.3) is 0 Å². The maximum atomic E-state index is 13.1. The molecule has 2 heterocycles. The van der Waals surface area contributed by atoms with Crippen molar-refractivity contribution in [2.45, 2.75) is 51.1 Å². The molecule has 5 nitrogen and oxygen atoms in total. The molecule has 0 bridgehead atoms. The van der Waals surface area contributed by atoms with E-state index in [1.807, 2.05) is 13.8 Å². The van der Waals surface area contributed by atoms with Gasteiger partial charge in [-0.15, -0.1) is 0 Å². The molecule has 2 rings (SSSR count). The molecule has 2 amide bonds. The lowest BCUT2D eigenvalue weighted by molar-refractivity contribution is -0.135. The molecule has 21 heavy (non-hydrogen) atoms. The van der Waals surface area contributed by atoms with E-state index >= 15 is 0 Å². The Balaban J connectivity index is 1.79. The minimum atomic E-state index is -2.79. The van der Waals surface area contributed by atoms with Crippen LogP contribution in [0.4, 0.5) is 8.78 Å². The van der Waals surface area contributed by atoms with Crippen LogP contribution in [-0.2, 0) is 9.59 Å². The van der Waals surface area contributed by atoms with Crippen LogP contribution in [0.3, 0.4) is 0 Å². The van der Waals surface area contributed by atoms with Gasteiger partial charge in [-0.3, -0.25) is 14.9 Å². The summed E-state index contributed by atoms with van der Waals surface area (Å²) in [4.78, 5) is 25.4. The molecule has 2 N–H and O–H groups in total. The summed E-state index contributed by atoms with van der Waals surface area (Å²) in [5.74, 6) is -3.09. The Morgan fingerprint density at radius 1 is 1.29 bits per heavy atom. The van der Waals surface area contributed by atoms with Crippen molar-refractivity contribution in [1.29, 1.82) is 0 Å². The monoisotopic (exact) mass is 303 g/mol. The average Bonchev–Trinajstić information content (AvgIpc) is 2.79. The van der Waals surface area contributed by atoms with Crippen LogP contribution in [0.15, 0.2) is 0 Å².